The SMILES string of the molecule is CC(C)c1nc(CN2C(=O)N[C@]3(CCc4ccccc43)C2=O)no1. The van der Waals surface area contributed by atoms with Gasteiger partial charge in [0.05, 0.1) is 6.54 Å². The second-order valence-electron chi connectivity index (χ2n) is 6.59. The Morgan fingerprint density at radius 1 is 1.33 bits per heavy atom. The van der Waals surface area contributed by atoms with Crippen molar-refractivity contribution in [2.45, 2.75) is 44.7 Å². The highest BCUT2D eigenvalue weighted by Crippen LogP contribution is 2.41. The molecule has 3 amide bonds. The van der Waals surface area contributed by atoms with Crippen molar-refractivity contribution in [2.75, 3.05) is 0 Å². The van der Waals surface area contributed by atoms with Crippen molar-refractivity contribution in [3.8, 4) is 0 Å². The molecule has 1 N–H and O–H groups in total. The molecule has 124 valence electrons. The Balaban J connectivity index is 1.63. The first-order valence-corrected chi connectivity index (χ1v) is 8.06. The minimum atomic E-state index is -0.946. The van der Waals surface area contributed by atoms with Crippen LogP contribution in [0.5, 0.6) is 0 Å². The summed E-state index contributed by atoms with van der Waals surface area (Å²) in [6, 6.07) is 7.34. The van der Waals surface area contributed by atoms with Crippen molar-refractivity contribution in [2.24, 2.45) is 0 Å². The number of carbonyl (C=O) groups excluding carboxylic acids is 2. The van der Waals surface area contributed by atoms with E-state index in [1.165, 1.54) is 4.90 Å². The number of amides is 3. The molecule has 1 fully saturated rings. The summed E-state index contributed by atoms with van der Waals surface area (Å²) in [6.07, 6.45) is 1.35. The Morgan fingerprint density at radius 2 is 2.12 bits per heavy atom. The maximum absolute atomic E-state index is 13.0. The summed E-state index contributed by atoms with van der Waals surface area (Å²) in [5.74, 6) is 0.694. The van der Waals surface area contributed by atoms with Gasteiger partial charge in [-0.3, -0.25) is 9.69 Å². The second kappa shape index (κ2) is 5.15. The molecule has 2 aromatic rings. The van der Waals surface area contributed by atoms with E-state index in [-0.39, 0.29) is 18.4 Å². The van der Waals surface area contributed by atoms with Crippen molar-refractivity contribution in [1.82, 2.24) is 20.4 Å². The number of aromatic nitrogens is 2. The summed E-state index contributed by atoms with van der Waals surface area (Å²) in [6.45, 7) is 3.90. The Bertz CT molecular complexity index is 829. The fraction of sp³-hybridized carbons (Fsp3) is 0.412. The molecular weight excluding hydrogens is 308 g/mol. The first kappa shape index (κ1) is 14.9. The number of hydrogen-bond acceptors (Lipinski definition) is 5. The highest BCUT2D eigenvalue weighted by atomic mass is 16.5. The van der Waals surface area contributed by atoms with Crippen LogP contribution < -0.4 is 5.32 Å². The maximum atomic E-state index is 13.0. The molecular formula is C17H18N4O3. The monoisotopic (exact) mass is 326 g/mol. The van der Waals surface area contributed by atoms with Crippen LogP contribution in [0.25, 0.3) is 0 Å². The average molecular weight is 326 g/mol. The van der Waals surface area contributed by atoms with Gasteiger partial charge in [0.15, 0.2) is 5.82 Å². The number of nitrogens with one attached hydrogen (secondary N) is 1. The molecule has 2 heterocycles. The summed E-state index contributed by atoms with van der Waals surface area (Å²) in [5, 5.41) is 6.76. The molecule has 4 rings (SSSR count). The van der Waals surface area contributed by atoms with Crippen molar-refractivity contribution < 1.29 is 14.1 Å². The number of benzene rings is 1. The lowest BCUT2D eigenvalue weighted by atomic mass is 9.92. The summed E-state index contributed by atoms with van der Waals surface area (Å²) in [4.78, 5) is 30.8. The van der Waals surface area contributed by atoms with Crippen molar-refractivity contribution in [3.05, 3.63) is 47.1 Å². The Morgan fingerprint density at radius 3 is 2.88 bits per heavy atom. The minimum Gasteiger partial charge on any atom is -0.339 e. The van der Waals surface area contributed by atoms with Crippen LogP contribution in [-0.4, -0.2) is 27.0 Å². The topological polar surface area (TPSA) is 88.3 Å². The summed E-state index contributed by atoms with van der Waals surface area (Å²) in [7, 11) is 0. The van der Waals surface area contributed by atoms with Gasteiger partial charge in [-0.1, -0.05) is 43.3 Å². The molecule has 1 aromatic heterocycles. The van der Waals surface area contributed by atoms with Gasteiger partial charge in [-0.2, -0.15) is 4.98 Å². The number of nitrogens with zero attached hydrogens (tertiary/aromatic N) is 3. The van der Waals surface area contributed by atoms with Crippen molar-refractivity contribution >= 4 is 11.9 Å². The number of urea groups is 1. The number of imide groups is 1. The van der Waals surface area contributed by atoms with E-state index in [2.05, 4.69) is 15.5 Å². The van der Waals surface area contributed by atoms with Crippen molar-refractivity contribution in [3.63, 3.8) is 0 Å². The zero-order chi connectivity index (χ0) is 16.9. The van der Waals surface area contributed by atoms with Crippen LogP contribution in [0.3, 0.4) is 0 Å². The van der Waals surface area contributed by atoms with Gasteiger partial charge in [0.25, 0.3) is 5.91 Å². The predicted octanol–water partition coefficient (Wildman–Crippen LogP) is 2.09. The van der Waals surface area contributed by atoms with E-state index in [4.69, 9.17) is 4.52 Å². The molecule has 0 radical (unpaired) electrons. The zero-order valence-electron chi connectivity index (χ0n) is 13.6. The van der Waals surface area contributed by atoms with Crippen LogP contribution in [0.15, 0.2) is 28.8 Å². The Hall–Kier alpha value is -2.70. The molecule has 24 heavy (non-hydrogen) atoms. The van der Waals surface area contributed by atoms with Gasteiger partial charge in [-0.05, 0) is 24.0 Å². The fourth-order valence-corrected chi connectivity index (χ4v) is 3.44. The second-order valence-corrected chi connectivity index (χ2v) is 6.59. The first-order valence-electron chi connectivity index (χ1n) is 8.06. The molecule has 1 aliphatic heterocycles. The normalized spacial score (nSPS) is 22.5. The first-order chi connectivity index (χ1) is 11.5. The quantitative estimate of drug-likeness (QED) is 0.873. The Labute approximate surface area is 139 Å². The third-order valence-electron chi connectivity index (χ3n) is 4.70. The molecule has 7 nitrogen and oxygen atoms in total. The van der Waals surface area contributed by atoms with Crippen LogP contribution in [0.4, 0.5) is 4.79 Å². The highest BCUT2D eigenvalue weighted by Gasteiger charge is 2.55. The highest BCUT2D eigenvalue weighted by molar-refractivity contribution is 6.08. The number of fused-ring (bicyclic) bond motifs is 2. The summed E-state index contributed by atoms with van der Waals surface area (Å²) >= 11 is 0. The van der Waals surface area contributed by atoms with Gasteiger partial charge >= 0.3 is 6.03 Å². The van der Waals surface area contributed by atoms with E-state index in [1.807, 2.05) is 38.1 Å². The lowest BCUT2D eigenvalue weighted by Crippen LogP contribution is -2.41. The van der Waals surface area contributed by atoms with Crippen LogP contribution in [0, 0.1) is 0 Å². The number of rotatable bonds is 3. The third-order valence-corrected chi connectivity index (χ3v) is 4.70. The lowest BCUT2D eigenvalue weighted by Gasteiger charge is -2.22. The zero-order valence-corrected chi connectivity index (χ0v) is 13.6. The van der Waals surface area contributed by atoms with E-state index in [9.17, 15) is 9.59 Å². The van der Waals surface area contributed by atoms with E-state index >= 15 is 0 Å². The summed E-state index contributed by atoms with van der Waals surface area (Å²) < 4.78 is 5.15. The molecule has 1 saturated heterocycles. The van der Waals surface area contributed by atoms with Gasteiger partial charge < -0.3 is 9.84 Å². The molecule has 1 spiro atoms. The number of aryl methyl sites for hydroxylation is 1. The van der Waals surface area contributed by atoms with Gasteiger partial charge in [0.1, 0.15) is 5.54 Å². The molecule has 1 aliphatic carbocycles. The number of hydrogen-bond donors (Lipinski definition) is 1. The van der Waals surface area contributed by atoms with E-state index in [1.54, 1.807) is 0 Å². The standard InChI is InChI=1S/C17H18N4O3/c1-10(2)14-18-13(20-24-14)9-21-15(22)17(19-16(21)23)8-7-11-5-3-4-6-12(11)17/h3-6,10H,7-9H2,1-2H3,(H,19,23)/t17-/m0/s1. The predicted molar refractivity (Wildman–Crippen MR) is 83.9 cm³/mol. The van der Waals surface area contributed by atoms with Gasteiger partial charge in [0.2, 0.25) is 5.89 Å². The van der Waals surface area contributed by atoms with Crippen LogP contribution >= 0.6 is 0 Å². The Kier molecular flexibility index (Phi) is 3.19. The molecule has 1 aromatic carbocycles. The largest absolute Gasteiger partial charge is 0.339 e. The third kappa shape index (κ3) is 2.04. The van der Waals surface area contributed by atoms with E-state index < -0.39 is 11.6 Å². The lowest BCUT2D eigenvalue weighted by molar-refractivity contribution is -0.132. The fourth-order valence-electron chi connectivity index (χ4n) is 3.44. The van der Waals surface area contributed by atoms with Crippen LogP contribution in [0.2, 0.25) is 0 Å². The molecule has 0 bridgehead atoms. The summed E-state index contributed by atoms with van der Waals surface area (Å²) in [5.41, 5.74) is 1.05. The molecule has 7 heteroatoms. The maximum Gasteiger partial charge on any atom is 0.325 e. The van der Waals surface area contributed by atoms with Gasteiger partial charge in [0, 0.05) is 5.92 Å². The van der Waals surface area contributed by atoms with Gasteiger partial charge in [-0.15, -0.1) is 0 Å². The molecule has 0 unspecified atom stereocenters. The smallest absolute Gasteiger partial charge is 0.325 e. The minimum absolute atomic E-state index is 0.0187. The van der Waals surface area contributed by atoms with Crippen LogP contribution in [0.1, 0.15) is 49.0 Å². The van der Waals surface area contributed by atoms with Gasteiger partial charge in [-0.25, -0.2) is 4.79 Å². The van der Waals surface area contributed by atoms with E-state index in [0.717, 1.165) is 17.5 Å². The van der Waals surface area contributed by atoms with Crippen molar-refractivity contribution in [1.29, 1.82) is 0 Å². The molecule has 0 saturated carbocycles. The average Bonchev–Trinajstić information content (AvgIpc) is 3.23. The number of carbonyl (C=O) groups is 2. The van der Waals surface area contributed by atoms with E-state index in [0.29, 0.717) is 18.1 Å². The van der Waals surface area contributed by atoms with Crippen LogP contribution in [-0.2, 0) is 23.3 Å². The molecule has 1 atom stereocenters. The molecule has 2 aliphatic rings.